The van der Waals surface area contributed by atoms with E-state index in [1.54, 1.807) is 36.9 Å². The van der Waals surface area contributed by atoms with Gasteiger partial charge in [-0.3, -0.25) is 0 Å². The van der Waals surface area contributed by atoms with E-state index in [-0.39, 0.29) is 0 Å². The van der Waals surface area contributed by atoms with Crippen molar-refractivity contribution in [3.8, 4) is 11.5 Å². The molecular weight excluding hydrogens is 288 g/mol. The van der Waals surface area contributed by atoms with Crippen molar-refractivity contribution in [2.24, 2.45) is 0 Å². The molecule has 0 atom stereocenters. The summed E-state index contributed by atoms with van der Waals surface area (Å²) in [4.78, 5) is 0. The third-order valence-corrected chi connectivity index (χ3v) is 5.50. The van der Waals surface area contributed by atoms with Gasteiger partial charge in [0.1, 0.15) is 11.5 Å². The van der Waals surface area contributed by atoms with Crippen LogP contribution in [0, 0.1) is 0 Å². The lowest BCUT2D eigenvalue weighted by Crippen LogP contribution is -1.89. The van der Waals surface area contributed by atoms with Gasteiger partial charge in [-0.25, -0.2) is 0 Å². The van der Waals surface area contributed by atoms with E-state index >= 15 is 0 Å². The maximum atomic E-state index is 5.64. The average Bonchev–Trinajstić information content (AvgIpc) is 3.12. The van der Waals surface area contributed by atoms with E-state index in [9.17, 15) is 0 Å². The number of hydrogen-bond donors (Lipinski definition) is 0. The number of fused-ring (bicyclic) bond motifs is 5. The molecule has 4 heteroatoms. The van der Waals surface area contributed by atoms with E-state index < -0.39 is 0 Å². The predicted octanol–water partition coefficient (Wildman–Crippen LogP) is 5.29. The van der Waals surface area contributed by atoms with Crippen molar-refractivity contribution in [2.45, 2.75) is 0 Å². The predicted molar refractivity (Wildman–Crippen MR) is 87.8 cm³/mol. The van der Waals surface area contributed by atoms with Crippen LogP contribution in [-0.4, -0.2) is 14.2 Å². The topological polar surface area (TPSA) is 18.5 Å². The highest BCUT2D eigenvalue weighted by molar-refractivity contribution is 7.19. The summed E-state index contributed by atoms with van der Waals surface area (Å²) in [6, 6.07) is 8.49. The van der Waals surface area contributed by atoms with E-state index in [0.29, 0.717) is 0 Å². The second kappa shape index (κ2) is 4.36. The minimum Gasteiger partial charge on any atom is -0.496 e. The maximum absolute atomic E-state index is 5.64. The van der Waals surface area contributed by atoms with Gasteiger partial charge in [-0.05, 0) is 45.8 Å². The van der Waals surface area contributed by atoms with Crippen LogP contribution in [0.15, 0.2) is 35.0 Å². The summed E-state index contributed by atoms with van der Waals surface area (Å²) in [5.41, 5.74) is 0. The SMILES string of the molecule is COc1cc2ccsc2c2c(OC)cc3ccsc3c12. The summed E-state index contributed by atoms with van der Waals surface area (Å²) in [6.45, 7) is 0. The van der Waals surface area contributed by atoms with Crippen LogP contribution in [0.25, 0.3) is 30.9 Å². The highest BCUT2D eigenvalue weighted by Gasteiger charge is 2.16. The Kier molecular flexibility index (Phi) is 2.62. The summed E-state index contributed by atoms with van der Waals surface area (Å²) in [7, 11) is 3.46. The molecule has 0 unspecified atom stereocenters. The standard InChI is InChI=1S/C16H12O2S2/c1-17-11-7-9-3-5-20-16(9)14-12(18-2)8-10-4-6-19-15(10)13(11)14/h3-8H,1-2H3. The van der Waals surface area contributed by atoms with Crippen LogP contribution in [0.2, 0.25) is 0 Å². The molecule has 0 N–H and O–H groups in total. The Hall–Kier alpha value is -1.78. The molecule has 0 saturated heterocycles. The number of benzene rings is 2. The Balaban J connectivity index is 2.38. The molecule has 100 valence electrons. The van der Waals surface area contributed by atoms with Crippen LogP contribution in [-0.2, 0) is 0 Å². The minimum atomic E-state index is 0.914. The number of hydrogen-bond acceptors (Lipinski definition) is 4. The molecule has 0 spiro atoms. The number of thiophene rings is 2. The third kappa shape index (κ3) is 1.49. The lowest BCUT2D eigenvalue weighted by Gasteiger charge is -2.12. The first-order valence-electron chi connectivity index (χ1n) is 6.25. The van der Waals surface area contributed by atoms with E-state index in [1.807, 2.05) is 0 Å². The first-order chi connectivity index (χ1) is 9.83. The molecule has 0 aliphatic carbocycles. The van der Waals surface area contributed by atoms with Crippen molar-refractivity contribution >= 4 is 53.6 Å². The molecule has 20 heavy (non-hydrogen) atoms. The van der Waals surface area contributed by atoms with Crippen LogP contribution >= 0.6 is 22.7 Å². The maximum Gasteiger partial charge on any atom is 0.128 e. The zero-order valence-electron chi connectivity index (χ0n) is 11.1. The van der Waals surface area contributed by atoms with Crippen molar-refractivity contribution < 1.29 is 9.47 Å². The summed E-state index contributed by atoms with van der Waals surface area (Å²) in [6.07, 6.45) is 0. The fourth-order valence-electron chi connectivity index (χ4n) is 2.72. The average molecular weight is 300 g/mol. The van der Waals surface area contributed by atoms with Crippen molar-refractivity contribution in [1.82, 2.24) is 0 Å². The number of rotatable bonds is 2. The molecule has 0 bridgehead atoms. The van der Waals surface area contributed by atoms with E-state index in [4.69, 9.17) is 9.47 Å². The number of ether oxygens (including phenoxy) is 2. The van der Waals surface area contributed by atoms with Gasteiger partial charge in [-0.15, -0.1) is 22.7 Å². The van der Waals surface area contributed by atoms with Crippen LogP contribution in [0.5, 0.6) is 11.5 Å². The van der Waals surface area contributed by atoms with Crippen molar-refractivity contribution in [2.75, 3.05) is 14.2 Å². The van der Waals surface area contributed by atoms with Gasteiger partial charge in [0.2, 0.25) is 0 Å². The van der Waals surface area contributed by atoms with Gasteiger partial charge in [-0.2, -0.15) is 0 Å². The third-order valence-electron chi connectivity index (χ3n) is 3.60. The second-order valence-electron chi connectivity index (χ2n) is 4.59. The molecule has 0 amide bonds. The highest BCUT2D eigenvalue weighted by Crippen LogP contribution is 2.46. The lowest BCUT2D eigenvalue weighted by atomic mass is 10.0. The quantitative estimate of drug-likeness (QED) is 0.501. The Morgan fingerprint density at radius 1 is 0.750 bits per heavy atom. The molecule has 4 rings (SSSR count). The van der Waals surface area contributed by atoms with E-state index in [2.05, 4.69) is 35.0 Å². The first kappa shape index (κ1) is 12.0. The largest absolute Gasteiger partial charge is 0.496 e. The molecule has 2 aromatic carbocycles. The molecule has 2 nitrogen and oxygen atoms in total. The van der Waals surface area contributed by atoms with Crippen LogP contribution in [0.4, 0.5) is 0 Å². The Morgan fingerprint density at radius 2 is 1.20 bits per heavy atom. The van der Waals surface area contributed by atoms with Crippen molar-refractivity contribution in [3.05, 3.63) is 35.0 Å². The van der Waals surface area contributed by atoms with Gasteiger partial charge in [0.05, 0.1) is 14.2 Å². The minimum absolute atomic E-state index is 0.914. The molecule has 2 heterocycles. The molecule has 0 fully saturated rings. The van der Waals surface area contributed by atoms with Crippen LogP contribution in [0.3, 0.4) is 0 Å². The zero-order chi connectivity index (χ0) is 13.7. The fraction of sp³-hybridized carbons (Fsp3) is 0.125. The van der Waals surface area contributed by atoms with Crippen LogP contribution in [0.1, 0.15) is 0 Å². The number of methoxy groups -OCH3 is 2. The Bertz CT molecular complexity index is 856. The Morgan fingerprint density at radius 3 is 1.60 bits per heavy atom. The van der Waals surface area contributed by atoms with Gasteiger partial charge in [0.15, 0.2) is 0 Å². The van der Waals surface area contributed by atoms with Crippen molar-refractivity contribution in [1.29, 1.82) is 0 Å². The van der Waals surface area contributed by atoms with Gasteiger partial charge in [-0.1, -0.05) is 0 Å². The summed E-state index contributed by atoms with van der Waals surface area (Å²) < 4.78 is 13.8. The van der Waals surface area contributed by atoms with Crippen molar-refractivity contribution in [3.63, 3.8) is 0 Å². The monoisotopic (exact) mass is 300 g/mol. The molecule has 0 saturated carbocycles. The second-order valence-corrected chi connectivity index (χ2v) is 6.42. The van der Waals surface area contributed by atoms with Gasteiger partial charge < -0.3 is 9.47 Å². The molecular formula is C16H12O2S2. The summed E-state index contributed by atoms with van der Waals surface area (Å²) in [5, 5.41) is 8.95. The van der Waals surface area contributed by atoms with Gasteiger partial charge >= 0.3 is 0 Å². The molecule has 4 aromatic rings. The summed E-state index contributed by atoms with van der Waals surface area (Å²) >= 11 is 3.49. The van der Waals surface area contributed by atoms with E-state index in [0.717, 1.165) is 22.3 Å². The normalized spacial score (nSPS) is 11.5. The Labute approximate surface area is 124 Å². The molecule has 0 aliphatic rings. The van der Waals surface area contributed by atoms with Crippen LogP contribution < -0.4 is 9.47 Å². The molecule has 2 aromatic heterocycles. The summed E-state index contributed by atoms with van der Waals surface area (Å²) in [5.74, 6) is 1.83. The van der Waals surface area contributed by atoms with Gasteiger partial charge in [0.25, 0.3) is 0 Å². The van der Waals surface area contributed by atoms with Gasteiger partial charge in [0, 0.05) is 20.2 Å². The fourth-order valence-corrected chi connectivity index (χ4v) is 4.59. The highest BCUT2D eigenvalue weighted by atomic mass is 32.1. The molecule has 0 radical (unpaired) electrons. The smallest absolute Gasteiger partial charge is 0.128 e. The zero-order valence-corrected chi connectivity index (χ0v) is 12.7. The van der Waals surface area contributed by atoms with E-state index in [1.165, 1.54) is 20.2 Å². The first-order valence-corrected chi connectivity index (χ1v) is 8.01. The lowest BCUT2D eigenvalue weighted by molar-refractivity contribution is 0.416. The molecule has 0 aliphatic heterocycles.